The van der Waals surface area contributed by atoms with E-state index in [0.29, 0.717) is 5.28 Å². The maximum atomic E-state index is 6.23. The first-order chi connectivity index (χ1) is 8.62. The molecule has 0 spiro atoms. The van der Waals surface area contributed by atoms with Crippen LogP contribution in [0.15, 0.2) is 30.3 Å². The normalized spacial score (nSPS) is 11.8. The maximum absolute atomic E-state index is 6.23. The molecule has 0 radical (unpaired) electrons. The molecule has 1 aromatic carbocycles. The van der Waals surface area contributed by atoms with Crippen LogP contribution < -0.4 is 0 Å². The molecule has 2 aromatic rings. The largest absolute Gasteiger partial charge is 0.292 e. The third-order valence-corrected chi connectivity index (χ3v) is 3.96. The fourth-order valence-electron chi connectivity index (χ4n) is 2.08. The molecular formula is C14H18ClN3. The van der Waals surface area contributed by atoms with Crippen molar-refractivity contribution < 1.29 is 0 Å². The molecule has 0 unspecified atom stereocenters. The molecule has 1 aromatic heterocycles. The molecule has 0 aliphatic carbocycles. The summed E-state index contributed by atoms with van der Waals surface area (Å²) in [5.74, 6) is 0.840. The average Bonchev–Trinajstić information content (AvgIpc) is 2.81. The van der Waals surface area contributed by atoms with Gasteiger partial charge in [-0.1, -0.05) is 44.2 Å². The Morgan fingerprint density at radius 2 is 1.72 bits per heavy atom. The summed E-state index contributed by atoms with van der Waals surface area (Å²) in [6, 6.07) is 10.0. The monoisotopic (exact) mass is 263 g/mol. The molecule has 0 atom stereocenters. The van der Waals surface area contributed by atoms with Crippen molar-refractivity contribution in [2.45, 2.75) is 39.2 Å². The molecule has 0 aliphatic rings. The first-order valence-electron chi connectivity index (χ1n) is 6.29. The summed E-state index contributed by atoms with van der Waals surface area (Å²) in [6.45, 7) is 6.51. The molecule has 0 amide bonds. The van der Waals surface area contributed by atoms with E-state index in [-0.39, 0.29) is 5.54 Å². The Morgan fingerprint density at radius 3 is 2.28 bits per heavy atom. The highest BCUT2D eigenvalue weighted by atomic mass is 35.5. The lowest BCUT2D eigenvalue weighted by molar-refractivity contribution is 0.297. The molecule has 0 aliphatic heterocycles. The summed E-state index contributed by atoms with van der Waals surface area (Å²) < 4.78 is 2.05. The van der Waals surface area contributed by atoms with Gasteiger partial charge in [-0.15, -0.1) is 10.2 Å². The van der Waals surface area contributed by atoms with E-state index < -0.39 is 0 Å². The minimum absolute atomic E-state index is 0.0498. The Morgan fingerprint density at radius 1 is 1.11 bits per heavy atom. The minimum Gasteiger partial charge on any atom is -0.292 e. The van der Waals surface area contributed by atoms with Gasteiger partial charge in [0.25, 0.3) is 0 Å². The van der Waals surface area contributed by atoms with Gasteiger partial charge >= 0.3 is 0 Å². The fourth-order valence-corrected chi connectivity index (χ4v) is 2.41. The summed E-state index contributed by atoms with van der Waals surface area (Å²) in [6.07, 6.45) is 1.97. The topological polar surface area (TPSA) is 30.7 Å². The van der Waals surface area contributed by atoms with Gasteiger partial charge in [-0.3, -0.25) is 4.57 Å². The molecule has 96 valence electrons. The number of rotatable bonds is 4. The third kappa shape index (κ3) is 2.15. The zero-order chi connectivity index (χ0) is 13.2. The lowest BCUT2D eigenvalue weighted by Crippen LogP contribution is -2.29. The van der Waals surface area contributed by atoms with Crippen LogP contribution in [-0.2, 0) is 5.54 Å². The van der Waals surface area contributed by atoms with Gasteiger partial charge in [-0.2, -0.15) is 0 Å². The van der Waals surface area contributed by atoms with E-state index >= 15 is 0 Å². The second kappa shape index (κ2) is 5.11. The molecule has 0 saturated carbocycles. The minimum atomic E-state index is -0.0498. The summed E-state index contributed by atoms with van der Waals surface area (Å²) in [5, 5.41) is 8.72. The lowest BCUT2D eigenvalue weighted by Gasteiger charge is -2.30. The van der Waals surface area contributed by atoms with Crippen LogP contribution in [0.4, 0.5) is 0 Å². The lowest BCUT2D eigenvalue weighted by atomic mass is 9.94. The van der Waals surface area contributed by atoms with E-state index in [4.69, 9.17) is 11.6 Å². The summed E-state index contributed by atoms with van der Waals surface area (Å²) in [4.78, 5) is 0. The van der Waals surface area contributed by atoms with Crippen molar-refractivity contribution in [3.05, 3.63) is 35.6 Å². The number of aromatic nitrogens is 3. The van der Waals surface area contributed by atoms with Gasteiger partial charge in [0, 0.05) is 11.1 Å². The number of benzene rings is 1. The second-order valence-electron chi connectivity index (χ2n) is 4.70. The van der Waals surface area contributed by atoms with E-state index in [9.17, 15) is 0 Å². The Labute approximate surface area is 113 Å². The first-order valence-corrected chi connectivity index (χ1v) is 6.67. The van der Waals surface area contributed by atoms with Gasteiger partial charge in [0.2, 0.25) is 5.28 Å². The molecule has 0 saturated heterocycles. The molecule has 2 rings (SSSR count). The third-order valence-electron chi connectivity index (χ3n) is 3.72. The van der Waals surface area contributed by atoms with Crippen molar-refractivity contribution in [2.75, 3.05) is 0 Å². The van der Waals surface area contributed by atoms with Crippen LogP contribution in [0.2, 0.25) is 5.28 Å². The van der Waals surface area contributed by atoms with Crippen LogP contribution in [0, 0.1) is 0 Å². The molecule has 0 bridgehead atoms. The van der Waals surface area contributed by atoms with Crippen LogP contribution in [0.5, 0.6) is 0 Å². The summed E-state index contributed by atoms with van der Waals surface area (Å²) in [5.41, 5.74) is 0.996. The average molecular weight is 264 g/mol. The smallest absolute Gasteiger partial charge is 0.225 e. The number of halogens is 1. The van der Waals surface area contributed by atoms with E-state index in [1.54, 1.807) is 0 Å². The van der Waals surface area contributed by atoms with Crippen molar-refractivity contribution in [1.82, 2.24) is 14.8 Å². The van der Waals surface area contributed by atoms with E-state index in [1.807, 2.05) is 34.9 Å². The molecule has 1 heterocycles. The van der Waals surface area contributed by atoms with Crippen LogP contribution in [0.1, 0.15) is 33.6 Å². The second-order valence-corrected chi connectivity index (χ2v) is 5.04. The molecule has 0 N–H and O–H groups in total. The van der Waals surface area contributed by atoms with E-state index in [2.05, 4.69) is 31.0 Å². The fraction of sp³-hybridized carbons (Fsp3) is 0.429. The highest BCUT2D eigenvalue weighted by Crippen LogP contribution is 2.33. The van der Waals surface area contributed by atoms with Gasteiger partial charge in [-0.05, 0) is 31.4 Å². The van der Waals surface area contributed by atoms with Crippen molar-refractivity contribution in [3.8, 4) is 11.4 Å². The summed E-state index contributed by atoms with van der Waals surface area (Å²) in [7, 11) is 0. The Hall–Kier alpha value is -1.35. The van der Waals surface area contributed by atoms with Crippen LogP contribution in [0.3, 0.4) is 0 Å². The van der Waals surface area contributed by atoms with Crippen LogP contribution >= 0.6 is 11.6 Å². The summed E-state index contributed by atoms with van der Waals surface area (Å²) >= 11 is 6.23. The van der Waals surface area contributed by atoms with Crippen molar-refractivity contribution in [3.63, 3.8) is 0 Å². The zero-order valence-corrected chi connectivity index (χ0v) is 11.8. The number of hydrogen-bond donors (Lipinski definition) is 0. The van der Waals surface area contributed by atoms with Gasteiger partial charge in [0.05, 0.1) is 0 Å². The molecular weight excluding hydrogens is 246 g/mol. The Bertz CT molecular complexity index is 515. The zero-order valence-electron chi connectivity index (χ0n) is 11.0. The van der Waals surface area contributed by atoms with Crippen molar-refractivity contribution in [2.24, 2.45) is 0 Å². The SMILES string of the molecule is CCC(C)(CC)n1c(Cl)nnc1-c1ccccc1. The predicted octanol–water partition coefficient (Wildman–Crippen LogP) is 4.13. The van der Waals surface area contributed by atoms with Crippen molar-refractivity contribution >= 4 is 11.6 Å². The van der Waals surface area contributed by atoms with Gasteiger partial charge in [-0.25, -0.2) is 0 Å². The number of nitrogens with zero attached hydrogens (tertiary/aromatic N) is 3. The number of hydrogen-bond acceptors (Lipinski definition) is 2. The predicted molar refractivity (Wildman–Crippen MR) is 74.7 cm³/mol. The Balaban J connectivity index is 2.59. The highest BCUT2D eigenvalue weighted by molar-refractivity contribution is 6.28. The quantitative estimate of drug-likeness (QED) is 0.830. The highest BCUT2D eigenvalue weighted by Gasteiger charge is 2.28. The Kier molecular flexibility index (Phi) is 3.71. The first kappa shape index (κ1) is 13.1. The van der Waals surface area contributed by atoms with Gasteiger partial charge in [0.15, 0.2) is 5.82 Å². The van der Waals surface area contributed by atoms with Crippen LogP contribution in [0.25, 0.3) is 11.4 Å². The molecule has 3 nitrogen and oxygen atoms in total. The van der Waals surface area contributed by atoms with E-state index in [1.165, 1.54) is 0 Å². The molecule has 18 heavy (non-hydrogen) atoms. The van der Waals surface area contributed by atoms with Crippen LogP contribution in [-0.4, -0.2) is 14.8 Å². The van der Waals surface area contributed by atoms with Crippen molar-refractivity contribution in [1.29, 1.82) is 0 Å². The van der Waals surface area contributed by atoms with E-state index in [0.717, 1.165) is 24.2 Å². The van der Waals surface area contributed by atoms with Gasteiger partial charge < -0.3 is 0 Å². The standard InChI is InChI=1S/C14H18ClN3/c1-4-14(3,5-2)18-12(16-17-13(18)15)11-9-7-6-8-10-11/h6-10H,4-5H2,1-3H3. The molecule has 0 fully saturated rings. The molecule has 4 heteroatoms. The maximum Gasteiger partial charge on any atom is 0.225 e. The van der Waals surface area contributed by atoms with Gasteiger partial charge in [0.1, 0.15) is 0 Å².